The fourth-order valence-electron chi connectivity index (χ4n) is 2.14. The molecule has 0 spiro atoms. The van der Waals surface area contributed by atoms with Crippen LogP contribution >= 0.6 is 35.0 Å². The molecular formula is C19H21Cl2NO3S. The number of halogens is 2. The molecule has 2 aromatic carbocycles. The highest BCUT2D eigenvalue weighted by molar-refractivity contribution is 7.98. The summed E-state index contributed by atoms with van der Waals surface area (Å²) in [6, 6.07) is 12.6. The monoisotopic (exact) mass is 413 g/mol. The maximum atomic E-state index is 12.1. The van der Waals surface area contributed by atoms with Crippen LogP contribution in [0.15, 0.2) is 42.5 Å². The van der Waals surface area contributed by atoms with E-state index in [1.54, 1.807) is 44.0 Å². The van der Waals surface area contributed by atoms with Crippen molar-refractivity contribution in [1.29, 1.82) is 0 Å². The van der Waals surface area contributed by atoms with Gasteiger partial charge in [0.1, 0.15) is 11.5 Å². The molecule has 0 saturated carbocycles. The largest absolute Gasteiger partial charge is 0.497 e. The van der Waals surface area contributed by atoms with Crippen molar-refractivity contribution in [3.63, 3.8) is 0 Å². The first kappa shape index (κ1) is 20.7. The van der Waals surface area contributed by atoms with Crippen LogP contribution in [0.2, 0.25) is 10.0 Å². The second kappa shape index (κ2) is 10.6. The number of amides is 1. The van der Waals surface area contributed by atoms with Crippen LogP contribution in [0.5, 0.6) is 11.5 Å². The molecule has 4 nitrogen and oxygen atoms in total. The average Bonchev–Trinajstić information content (AvgIpc) is 2.63. The Morgan fingerprint density at radius 3 is 2.69 bits per heavy atom. The molecule has 0 aliphatic heterocycles. The highest BCUT2D eigenvalue weighted by Gasteiger charge is 2.14. The normalized spacial score (nSPS) is 11.7. The number of rotatable bonds is 9. The number of nitrogens with one attached hydrogen (secondary N) is 1. The summed E-state index contributed by atoms with van der Waals surface area (Å²) in [6.45, 7) is 2.27. The number of thioether (sulfide) groups is 1. The Kier molecular flexibility index (Phi) is 8.42. The molecule has 1 unspecified atom stereocenters. The lowest BCUT2D eigenvalue weighted by molar-refractivity contribution is -0.127. The molecule has 0 aliphatic rings. The van der Waals surface area contributed by atoms with Crippen molar-refractivity contribution in [3.05, 3.63) is 58.1 Å². The molecule has 1 N–H and O–H groups in total. The molecule has 7 heteroatoms. The minimum absolute atomic E-state index is 0.155. The lowest BCUT2D eigenvalue weighted by atomic mass is 10.2. The number of methoxy groups -OCH3 is 1. The van der Waals surface area contributed by atoms with Gasteiger partial charge in [-0.25, -0.2) is 0 Å². The molecule has 26 heavy (non-hydrogen) atoms. The van der Waals surface area contributed by atoms with Gasteiger partial charge in [-0.15, -0.1) is 0 Å². The second-order valence-corrected chi connectivity index (χ2v) is 7.47. The van der Waals surface area contributed by atoms with Crippen molar-refractivity contribution in [2.45, 2.75) is 18.8 Å². The van der Waals surface area contributed by atoms with Crippen molar-refractivity contribution >= 4 is 40.9 Å². The fraction of sp³-hybridized carbons (Fsp3) is 0.316. The Hall–Kier alpha value is -1.56. The SMILES string of the molecule is COc1cccc(OC(C)C(=O)NCCSCc2ccc(Cl)cc2Cl)c1. The van der Waals surface area contributed by atoms with E-state index in [0.29, 0.717) is 28.1 Å². The maximum Gasteiger partial charge on any atom is 0.260 e. The van der Waals surface area contributed by atoms with Crippen LogP contribution < -0.4 is 14.8 Å². The first-order valence-electron chi connectivity index (χ1n) is 8.09. The van der Waals surface area contributed by atoms with Gasteiger partial charge in [-0.05, 0) is 36.8 Å². The molecule has 0 bridgehead atoms. The molecule has 0 radical (unpaired) electrons. The Bertz CT molecular complexity index is 742. The molecule has 1 amide bonds. The zero-order valence-electron chi connectivity index (χ0n) is 14.6. The van der Waals surface area contributed by atoms with Crippen LogP contribution in [0, 0.1) is 0 Å². The topological polar surface area (TPSA) is 47.6 Å². The van der Waals surface area contributed by atoms with E-state index < -0.39 is 6.10 Å². The quantitative estimate of drug-likeness (QED) is 0.598. The van der Waals surface area contributed by atoms with Crippen LogP contribution in [0.3, 0.4) is 0 Å². The van der Waals surface area contributed by atoms with E-state index in [-0.39, 0.29) is 5.91 Å². The predicted octanol–water partition coefficient (Wildman–Crippen LogP) is 4.82. The molecular weight excluding hydrogens is 393 g/mol. The summed E-state index contributed by atoms with van der Waals surface area (Å²) in [6.07, 6.45) is -0.585. The van der Waals surface area contributed by atoms with Crippen LogP contribution in [0.1, 0.15) is 12.5 Å². The molecule has 0 aliphatic carbocycles. The van der Waals surface area contributed by atoms with Crippen molar-refractivity contribution < 1.29 is 14.3 Å². The molecule has 1 atom stereocenters. The molecule has 2 aromatic rings. The summed E-state index contributed by atoms with van der Waals surface area (Å²) in [7, 11) is 1.59. The Morgan fingerprint density at radius 2 is 1.96 bits per heavy atom. The van der Waals surface area contributed by atoms with Crippen molar-refractivity contribution in [3.8, 4) is 11.5 Å². The molecule has 2 rings (SSSR count). The first-order chi connectivity index (χ1) is 12.5. The van der Waals surface area contributed by atoms with E-state index in [4.69, 9.17) is 32.7 Å². The average molecular weight is 414 g/mol. The predicted molar refractivity (Wildman–Crippen MR) is 109 cm³/mol. The number of hydrogen-bond acceptors (Lipinski definition) is 4. The number of carbonyl (C=O) groups is 1. The van der Waals surface area contributed by atoms with Gasteiger partial charge < -0.3 is 14.8 Å². The summed E-state index contributed by atoms with van der Waals surface area (Å²) in [5.41, 5.74) is 1.03. The second-order valence-electron chi connectivity index (χ2n) is 5.52. The van der Waals surface area contributed by atoms with Gasteiger partial charge in [-0.1, -0.05) is 35.3 Å². The molecule has 0 aromatic heterocycles. The number of carbonyl (C=O) groups excluding carboxylic acids is 1. The van der Waals surface area contributed by atoms with Crippen LogP contribution in [0.25, 0.3) is 0 Å². The summed E-state index contributed by atoms with van der Waals surface area (Å²) >= 11 is 13.7. The zero-order chi connectivity index (χ0) is 18.9. The van der Waals surface area contributed by atoms with Crippen molar-refractivity contribution in [2.75, 3.05) is 19.4 Å². The lowest BCUT2D eigenvalue weighted by Gasteiger charge is -2.15. The maximum absolute atomic E-state index is 12.1. The van der Waals surface area contributed by atoms with E-state index in [9.17, 15) is 4.79 Å². The van der Waals surface area contributed by atoms with E-state index >= 15 is 0 Å². The van der Waals surface area contributed by atoms with Gasteiger partial charge in [0.15, 0.2) is 6.10 Å². The fourth-order valence-corrected chi connectivity index (χ4v) is 3.56. The van der Waals surface area contributed by atoms with Gasteiger partial charge >= 0.3 is 0 Å². The first-order valence-corrected chi connectivity index (χ1v) is 10.0. The van der Waals surface area contributed by atoms with Crippen LogP contribution in [-0.2, 0) is 10.5 Å². The minimum Gasteiger partial charge on any atom is -0.497 e. The van der Waals surface area contributed by atoms with E-state index in [1.165, 1.54) is 0 Å². The summed E-state index contributed by atoms with van der Waals surface area (Å²) in [5.74, 6) is 2.67. The lowest BCUT2D eigenvalue weighted by Crippen LogP contribution is -2.37. The highest BCUT2D eigenvalue weighted by Crippen LogP contribution is 2.24. The van der Waals surface area contributed by atoms with Gasteiger partial charge in [-0.3, -0.25) is 4.79 Å². The molecule has 0 fully saturated rings. The molecule has 0 heterocycles. The smallest absolute Gasteiger partial charge is 0.260 e. The van der Waals surface area contributed by atoms with Crippen molar-refractivity contribution in [1.82, 2.24) is 5.32 Å². The zero-order valence-corrected chi connectivity index (χ0v) is 17.0. The Morgan fingerprint density at radius 1 is 1.19 bits per heavy atom. The van der Waals surface area contributed by atoms with Crippen LogP contribution in [0.4, 0.5) is 0 Å². The third-order valence-corrected chi connectivity index (χ3v) is 5.14. The molecule has 140 valence electrons. The molecule has 0 saturated heterocycles. The van der Waals surface area contributed by atoms with E-state index in [1.807, 2.05) is 24.3 Å². The van der Waals surface area contributed by atoms with Gasteiger partial charge in [0.2, 0.25) is 0 Å². The number of ether oxygens (including phenoxy) is 2. The Labute approximate surface area is 168 Å². The van der Waals surface area contributed by atoms with Gasteiger partial charge in [0.05, 0.1) is 7.11 Å². The van der Waals surface area contributed by atoms with E-state index in [0.717, 1.165) is 17.1 Å². The highest BCUT2D eigenvalue weighted by atomic mass is 35.5. The number of benzene rings is 2. The summed E-state index contributed by atoms with van der Waals surface area (Å²) in [5, 5.41) is 4.16. The Balaban J connectivity index is 1.69. The van der Waals surface area contributed by atoms with Gasteiger partial charge in [0.25, 0.3) is 5.91 Å². The summed E-state index contributed by atoms with van der Waals surface area (Å²) < 4.78 is 10.8. The van der Waals surface area contributed by atoms with Gasteiger partial charge in [0, 0.05) is 34.2 Å². The van der Waals surface area contributed by atoms with Crippen molar-refractivity contribution in [2.24, 2.45) is 0 Å². The third-order valence-electron chi connectivity index (χ3n) is 3.54. The van der Waals surface area contributed by atoms with Crippen LogP contribution in [-0.4, -0.2) is 31.4 Å². The minimum atomic E-state index is -0.585. The standard InChI is InChI=1S/C19H21Cl2NO3S/c1-13(25-17-5-3-4-16(11-17)24-2)19(23)22-8-9-26-12-14-6-7-15(20)10-18(14)21/h3-7,10-11,13H,8-9,12H2,1-2H3,(H,22,23). The number of hydrogen-bond donors (Lipinski definition) is 1. The van der Waals surface area contributed by atoms with E-state index in [2.05, 4.69) is 5.32 Å². The summed E-state index contributed by atoms with van der Waals surface area (Å²) in [4.78, 5) is 12.1. The van der Waals surface area contributed by atoms with Gasteiger partial charge in [-0.2, -0.15) is 11.8 Å². The third kappa shape index (κ3) is 6.63.